The molecule has 2 aromatic rings. The van der Waals surface area contributed by atoms with E-state index in [0.717, 1.165) is 0 Å². The molecule has 2 heterocycles. The molecular formula is C10H11FN2O. The zero-order chi connectivity index (χ0) is 10.6. The predicted octanol–water partition coefficient (Wildman–Crippen LogP) is 2.31. The van der Waals surface area contributed by atoms with E-state index in [4.69, 9.17) is 0 Å². The van der Waals surface area contributed by atoms with Gasteiger partial charge < -0.3 is 0 Å². The van der Waals surface area contributed by atoms with E-state index in [0.29, 0.717) is 11.9 Å². The minimum absolute atomic E-state index is 0.236. The first-order valence-electron chi connectivity index (χ1n) is 4.40. The molecule has 0 amide bonds. The molecule has 0 saturated heterocycles. The molecule has 0 saturated carbocycles. The third-order valence-electron chi connectivity index (χ3n) is 1.58. The second kappa shape index (κ2) is 4.50. The highest BCUT2D eigenvalue weighted by molar-refractivity contribution is 5.73. The van der Waals surface area contributed by atoms with Crippen molar-refractivity contribution in [2.45, 2.75) is 13.8 Å². The molecular weight excluding hydrogens is 183 g/mol. The normalized spacial score (nSPS) is 9.36. The van der Waals surface area contributed by atoms with E-state index in [1.54, 1.807) is 12.1 Å². The van der Waals surface area contributed by atoms with Crippen LogP contribution in [0.15, 0.2) is 24.4 Å². The summed E-state index contributed by atoms with van der Waals surface area (Å²) in [4.78, 5) is 14.1. The molecule has 2 aromatic heterocycles. The van der Waals surface area contributed by atoms with Crippen LogP contribution in [0.4, 0.5) is 4.39 Å². The lowest BCUT2D eigenvalue weighted by Gasteiger charge is -1.91. The number of rotatable bonds is 1. The molecule has 0 N–H and O–H groups in total. The average Bonchev–Trinajstić information content (AvgIpc) is 2.65. The molecule has 0 fully saturated rings. The molecule has 0 unspecified atom stereocenters. The maximum absolute atomic E-state index is 12.9. The van der Waals surface area contributed by atoms with Gasteiger partial charge in [-0.25, -0.2) is 4.98 Å². The van der Waals surface area contributed by atoms with Gasteiger partial charge in [0.05, 0.1) is 0 Å². The fourth-order valence-corrected chi connectivity index (χ4v) is 1.05. The van der Waals surface area contributed by atoms with Gasteiger partial charge in [-0.2, -0.15) is 4.39 Å². The summed E-state index contributed by atoms with van der Waals surface area (Å²) in [5, 5.41) is 0. The molecule has 0 aromatic carbocycles. The fraction of sp³-hybridized carbons (Fsp3) is 0.200. The van der Waals surface area contributed by atoms with Crippen LogP contribution in [-0.2, 0) is 0 Å². The summed E-state index contributed by atoms with van der Waals surface area (Å²) < 4.78 is 14.2. The third-order valence-corrected chi connectivity index (χ3v) is 1.58. The van der Waals surface area contributed by atoms with Crippen molar-refractivity contribution in [3.63, 3.8) is 0 Å². The van der Waals surface area contributed by atoms with Gasteiger partial charge in [0.1, 0.15) is 11.3 Å². The molecule has 4 heteroatoms. The highest BCUT2D eigenvalue weighted by Gasteiger charge is 2.02. The van der Waals surface area contributed by atoms with Crippen molar-refractivity contribution in [1.29, 1.82) is 0 Å². The number of carbonyl (C=O) groups is 1. The Morgan fingerprint density at radius 3 is 2.71 bits per heavy atom. The minimum Gasteiger partial charge on any atom is -0.296 e. The SMILES string of the molecule is CC.O=Cc1cn2c(F)cccc2n1. The topological polar surface area (TPSA) is 34.4 Å². The van der Waals surface area contributed by atoms with Crippen molar-refractivity contribution in [2.75, 3.05) is 0 Å². The van der Waals surface area contributed by atoms with E-state index in [-0.39, 0.29) is 5.69 Å². The number of hydrogen-bond donors (Lipinski definition) is 0. The molecule has 74 valence electrons. The van der Waals surface area contributed by atoms with E-state index in [9.17, 15) is 9.18 Å². The van der Waals surface area contributed by atoms with Gasteiger partial charge in [-0.1, -0.05) is 19.9 Å². The first kappa shape index (κ1) is 10.4. The lowest BCUT2D eigenvalue weighted by molar-refractivity contribution is 0.111. The Bertz CT molecular complexity index is 437. The maximum Gasteiger partial charge on any atom is 0.199 e. The van der Waals surface area contributed by atoms with Gasteiger partial charge in [-0.05, 0) is 12.1 Å². The molecule has 3 nitrogen and oxygen atoms in total. The van der Waals surface area contributed by atoms with Crippen LogP contribution in [0.5, 0.6) is 0 Å². The van der Waals surface area contributed by atoms with E-state index in [1.807, 2.05) is 13.8 Å². The smallest absolute Gasteiger partial charge is 0.199 e. The van der Waals surface area contributed by atoms with Crippen LogP contribution in [0.25, 0.3) is 5.65 Å². The predicted molar refractivity (Wildman–Crippen MR) is 51.9 cm³/mol. The van der Waals surface area contributed by atoms with Crippen LogP contribution < -0.4 is 0 Å². The summed E-state index contributed by atoms with van der Waals surface area (Å²) >= 11 is 0. The Morgan fingerprint density at radius 2 is 2.14 bits per heavy atom. The zero-order valence-corrected chi connectivity index (χ0v) is 8.07. The minimum atomic E-state index is -0.423. The highest BCUT2D eigenvalue weighted by Crippen LogP contribution is 2.05. The molecule has 0 spiro atoms. The van der Waals surface area contributed by atoms with Gasteiger partial charge in [0, 0.05) is 6.20 Å². The largest absolute Gasteiger partial charge is 0.296 e. The van der Waals surface area contributed by atoms with E-state index in [2.05, 4.69) is 4.98 Å². The standard InChI is InChI=1S/C8H5FN2O.C2H6/c9-7-2-1-3-8-10-6(5-12)4-11(7)8;1-2/h1-5H;1-2H3. The number of carbonyl (C=O) groups excluding carboxylic acids is 1. The van der Waals surface area contributed by atoms with Gasteiger partial charge in [0.2, 0.25) is 0 Å². The number of imidazole rings is 1. The highest BCUT2D eigenvalue weighted by atomic mass is 19.1. The summed E-state index contributed by atoms with van der Waals surface area (Å²) in [6, 6.07) is 4.49. The monoisotopic (exact) mass is 194 g/mol. The average molecular weight is 194 g/mol. The summed E-state index contributed by atoms with van der Waals surface area (Å²) in [6.45, 7) is 4.00. The van der Waals surface area contributed by atoms with Crippen LogP contribution in [-0.4, -0.2) is 15.7 Å². The molecule has 2 rings (SSSR count). The second-order valence-corrected chi connectivity index (χ2v) is 2.36. The first-order valence-corrected chi connectivity index (χ1v) is 4.40. The summed E-state index contributed by atoms with van der Waals surface area (Å²) in [7, 11) is 0. The van der Waals surface area contributed by atoms with Gasteiger partial charge in [-0.3, -0.25) is 9.20 Å². The van der Waals surface area contributed by atoms with Crippen molar-refractivity contribution in [3.05, 3.63) is 36.0 Å². The third kappa shape index (κ3) is 1.79. The van der Waals surface area contributed by atoms with Crippen molar-refractivity contribution in [1.82, 2.24) is 9.38 Å². The summed E-state index contributed by atoms with van der Waals surface area (Å²) in [6.07, 6.45) is 1.95. The summed E-state index contributed by atoms with van der Waals surface area (Å²) in [5.41, 5.74) is 0.678. The molecule has 0 radical (unpaired) electrons. The van der Waals surface area contributed by atoms with Crippen LogP contribution in [0.1, 0.15) is 24.3 Å². The van der Waals surface area contributed by atoms with E-state index >= 15 is 0 Å². The van der Waals surface area contributed by atoms with Gasteiger partial charge in [0.25, 0.3) is 0 Å². The molecule has 14 heavy (non-hydrogen) atoms. The van der Waals surface area contributed by atoms with Crippen LogP contribution in [0, 0.1) is 5.95 Å². The Balaban J connectivity index is 0.000000461. The fourth-order valence-electron chi connectivity index (χ4n) is 1.05. The number of pyridine rings is 1. The number of aromatic nitrogens is 2. The quantitative estimate of drug-likeness (QED) is 0.515. The van der Waals surface area contributed by atoms with Crippen LogP contribution in [0.3, 0.4) is 0 Å². The molecule has 0 aliphatic heterocycles. The number of hydrogen-bond acceptors (Lipinski definition) is 2. The van der Waals surface area contributed by atoms with Crippen LogP contribution >= 0.6 is 0 Å². The second-order valence-electron chi connectivity index (χ2n) is 2.36. The van der Waals surface area contributed by atoms with Crippen molar-refractivity contribution in [2.24, 2.45) is 0 Å². The van der Waals surface area contributed by atoms with E-state index in [1.165, 1.54) is 16.7 Å². The summed E-state index contributed by atoms with van der Waals surface area (Å²) in [5.74, 6) is -0.423. The van der Waals surface area contributed by atoms with Gasteiger partial charge in [0.15, 0.2) is 12.2 Å². The Hall–Kier alpha value is -1.71. The van der Waals surface area contributed by atoms with Crippen molar-refractivity contribution >= 4 is 11.9 Å². The van der Waals surface area contributed by atoms with E-state index < -0.39 is 5.95 Å². The molecule has 0 aliphatic carbocycles. The Morgan fingerprint density at radius 1 is 1.43 bits per heavy atom. The molecule has 0 aliphatic rings. The van der Waals surface area contributed by atoms with Crippen molar-refractivity contribution < 1.29 is 9.18 Å². The molecule has 0 atom stereocenters. The first-order chi connectivity index (χ1) is 6.81. The van der Waals surface area contributed by atoms with Crippen molar-refractivity contribution in [3.8, 4) is 0 Å². The lowest BCUT2D eigenvalue weighted by atomic mass is 10.5. The lowest BCUT2D eigenvalue weighted by Crippen LogP contribution is -1.88. The van der Waals surface area contributed by atoms with Crippen LogP contribution in [0.2, 0.25) is 0 Å². The number of aldehydes is 1. The van der Waals surface area contributed by atoms with Gasteiger partial charge >= 0.3 is 0 Å². The number of halogens is 1. The Kier molecular flexibility index (Phi) is 3.34. The number of fused-ring (bicyclic) bond motifs is 1. The van der Waals surface area contributed by atoms with Gasteiger partial charge in [-0.15, -0.1) is 0 Å². The zero-order valence-electron chi connectivity index (χ0n) is 8.07. The Labute approximate surface area is 81.2 Å². The molecule has 0 bridgehead atoms. The number of nitrogens with zero attached hydrogens (tertiary/aromatic N) is 2. The maximum atomic E-state index is 12.9.